The highest BCUT2D eigenvalue weighted by molar-refractivity contribution is 5.85. The largest absolute Gasteiger partial charge is 0.497 e. The molecule has 0 amide bonds. The van der Waals surface area contributed by atoms with Gasteiger partial charge >= 0.3 is 5.97 Å². The molecule has 0 bridgehead atoms. The Kier molecular flexibility index (Phi) is 3.65. The Balaban J connectivity index is 1.99. The second kappa shape index (κ2) is 5.99. The average Bonchev–Trinajstić information content (AvgIpc) is 3.11. The van der Waals surface area contributed by atoms with Crippen LogP contribution in [-0.4, -0.2) is 37.4 Å². The molecule has 4 aromatic rings. The molecule has 0 aliphatic rings. The fourth-order valence-electron chi connectivity index (χ4n) is 2.92. The van der Waals surface area contributed by atoms with Crippen LogP contribution in [0.3, 0.4) is 0 Å². The first-order valence-corrected chi connectivity index (χ1v) is 7.83. The predicted octanol–water partition coefficient (Wildman–Crippen LogP) is 1.80. The topological polar surface area (TPSA) is 98.7 Å². The predicted molar refractivity (Wildman–Crippen MR) is 93.8 cm³/mol. The van der Waals surface area contributed by atoms with Gasteiger partial charge in [-0.05, 0) is 29.8 Å². The van der Waals surface area contributed by atoms with Crippen molar-refractivity contribution in [1.29, 1.82) is 0 Å². The summed E-state index contributed by atoms with van der Waals surface area (Å²) >= 11 is 0. The summed E-state index contributed by atoms with van der Waals surface area (Å²) in [6.45, 7) is 0.294. The van der Waals surface area contributed by atoms with Crippen LogP contribution in [0, 0.1) is 0 Å². The highest BCUT2D eigenvalue weighted by Crippen LogP contribution is 2.17. The molecule has 8 heteroatoms. The summed E-state index contributed by atoms with van der Waals surface area (Å²) in [4.78, 5) is 28.0. The summed E-state index contributed by atoms with van der Waals surface area (Å²) in [5.41, 5.74) is 1.68. The molecule has 26 heavy (non-hydrogen) atoms. The second-order valence-corrected chi connectivity index (χ2v) is 5.71. The highest BCUT2D eigenvalue weighted by Gasteiger charge is 2.18. The molecule has 0 atom stereocenters. The Bertz CT molecular complexity index is 1210. The van der Waals surface area contributed by atoms with Crippen LogP contribution >= 0.6 is 0 Å². The minimum Gasteiger partial charge on any atom is -0.497 e. The van der Waals surface area contributed by atoms with E-state index in [1.54, 1.807) is 29.9 Å². The highest BCUT2D eigenvalue weighted by atomic mass is 16.5. The number of hydrogen-bond donors (Lipinski definition) is 1. The van der Waals surface area contributed by atoms with Crippen molar-refractivity contribution in [2.75, 3.05) is 7.11 Å². The number of rotatable bonds is 4. The van der Waals surface area contributed by atoms with Crippen LogP contribution in [0.25, 0.3) is 16.7 Å². The number of ether oxygens (including phenoxy) is 1. The standard InChI is InChI=1S/C18H14N4O4/c1-26-12-6-4-5-11(9-12)10-21-13-7-2-3-8-14(13)22-16(17(21)23)19-15(20-22)18(24)25/h2-9H,10H2,1H3,(H,24,25). The van der Waals surface area contributed by atoms with Crippen molar-refractivity contribution < 1.29 is 14.6 Å². The van der Waals surface area contributed by atoms with E-state index >= 15 is 0 Å². The van der Waals surface area contributed by atoms with Gasteiger partial charge in [0.1, 0.15) is 5.75 Å². The van der Waals surface area contributed by atoms with Gasteiger partial charge in [-0.1, -0.05) is 24.3 Å². The van der Waals surface area contributed by atoms with Crippen molar-refractivity contribution in [3.05, 3.63) is 70.3 Å². The lowest BCUT2D eigenvalue weighted by molar-refractivity contribution is 0.0684. The number of carboxylic acids is 1. The average molecular weight is 350 g/mol. The monoisotopic (exact) mass is 350 g/mol. The molecule has 8 nitrogen and oxygen atoms in total. The molecule has 4 rings (SSSR count). The summed E-state index contributed by atoms with van der Waals surface area (Å²) in [5, 5.41) is 13.1. The molecule has 0 spiro atoms. The smallest absolute Gasteiger partial charge is 0.375 e. The molecule has 0 aliphatic heterocycles. The molecule has 1 N–H and O–H groups in total. The van der Waals surface area contributed by atoms with Crippen LogP contribution in [0.2, 0.25) is 0 Å². The van der Waals surface area contributed by atoms with Crippen molar-refractivity contribution in [3.8, 4) is 5.75 Å². The van der Waals surface area contributed by atoms with Gasteiger partial charge < -0.3 is 9.84 Å². The van der Waals surface area contributed by atoms with E-state index in [2.05, 4.69) is 10.1 Å². The Labute approximate surface area is 146 Å². The number of nitrogens with zero attached hydrogens (tertiary/aromatic N) is 4. The fourth-order valence-corrected chi connectivity index (χ4v) is 2.92. The minimum atomic E-state index is -1.28. The first-order valence-electron chi connectivity index (χ1n) is 7.83. The van der Waals surface area contributed by atoms with E-state index in [0.717, 1.165) is 5.56 Å². The van der Waals surface area contributed by atoms with Gasteiger partial charge in [-0.2, -0.15) is 4.98 Å². The minimum absolute atomic E-state index is 0.0241. The van der Waals surface area contributed by atoms with Crippen molar-refractivity contribution in [1.82, 2.24) is 19.2 Å². The van der Waals surface area contributed by atoms with Gasteiger partial charge in [0.25, 0.3) is 11.4 Å². The first kappa shape index (κ1) is 15.8. The molecule has 2 heterocycles. The molecule has 2 aromatic carbocycles. The number of aromatic carboxylic acids is 1. The first-order chi connectivity index (χ1) is 12.6. The van der Waals surface area contributed by atoms with Gasteiger partial charge in [-0.25, -0.2) is 9.31 Å². The van der Waals surface area contributed by atoms with Gasteiger partial charge in [0.05, 0.1) is 24.7 Å². The molecular weight excluding hydrogens is 336 g/mol. The number of methoxy groups -OCH3 is 1. The molecule has 0 saturated heterocycles. The maximum atomic E-state index is 13.0. The normalized spacial score (nSPS) is 11.1. The Morgan fingerprint density at radius 1 is 1.15 bits per heavy atom. The molecule has 2 aromatic heterocycles. The zero-order valence-corrected chi connectivity index (χ0v) is 13.8. The number of fused-ring (bicyclic) bond motifs is 3. The van der Waals surface area contributed by atoms with E-state index < -0.39 is 17.4 Å². The number of benzene rings is 2. The van der Waals surface area contributed by atoms with Crippen LogP contribution in [0.5, 0.6) is 5.75 Å². The summed E-state index contributed by atoms with van der Waals surface area (Å²) in [6, 6.07) is 14.6. The quantitative estimate of drug-likeness (QED) is 0.602. The maximum absolute atomic E-state index is 13.0. The van der Waals surface area contributed by atoms with Gasteiger partial charge in [0.2, 0.25) is 5.65 Å². The lowest BCUT2D eigenvalue weighted by Crippen LogP contribution is -2.24. The molecule has 0 aliphatic carbocycles. The van der Waals surface area contributed by atoms with Crippen molar-refractivity contribution >= 4 is 22.6 Å². The van der Waals surface area contributed by atoms with E-state index in [0.29, 0.717) is 23.3 Å². The summed E-state index contributed by atoms with van der Waals surface area (Å²) in [5.74, 6) is -1.00. The van der Waals surface area contributed by atoms with Gasteiger partial charge in [0, 0.05) is 0 Å². The van der Waals surface area contributed by atoms with Gasteiger partial charge in [-0.15, -0.1) is 5.10 Å². The van der Waals surface area contributed by atoms with E-state index in [1.807, 2.05) is 30.3 Å². The number of carboxylic acid groups (broad SMARTS) is 1. The van der Waals surface area contributed by atoms with Crippen LogP contribution < -0.4 is 10.3 Å². The third-order valence-corrected chi connectivity index (χ3v) is 4.11. The van der Waals surface area contributed by atoms with E-state index in [9.17, 15) is 9.59 Å². The van der Waals surface area contributed by atoms with E-state index in [1.165, 1.54) is 4.52 Å². The van der Waals surface area contributed by atoms with Crippen molar-refractivity contribution in [2.45, 2.75) is 6.54 Å². The van der Waals surface area contributed by atoms with Gasteiger partial charge in [0.15, 0.2) is 0 Å². The third-order valence-electron chi connectivity index (χ3n) is 4.11. The zero-order chi connectivity index (χ0) is 18.3. The number of aromatic nitrogens is 4. The lowest BCUT2D eigenvalue weighted by Gasteiger charge is -2.12. The number of carbonyl (C=O) groups is 1. The molecule has 130 valence electrons. The summed E-state index contributed by atoms with van der Waals surface area (Å²) in [6.07, 6.45) is 0. The summed E-state index contributed by atoms with van der Waals surface area (Å²) in [7, 11) is 1.58. The second-order valence-electron chi connectivity index (χ2n) is 5.71. The molecular formula is C18H14N4O4. The molecule has 0 fully saturated rings. The lowest BCUT2D eigenvalue weighted by atomic mass is 10.2. The molecule has 0 radical (unpaired) electrons. The third kappa shape index (κ3) is 2.48. The Morgan fingerprint density at radius 3 is 2.65 bits per heavy atom. The number of hydrogen-bond acceptors (Lipinski definition) is 5. The van der Waals surface area contributed by atoms with E-state index in [4.69, 9.17) is 9.84 Å². The van der Waals surface area contributed by atoms with Crippen LogP contribution in [0.4, 0.5) is 0 Å². The Hall–Kier alpha value is -3.68. The molecule has 0 saturated carbocycles. The van der Waals surface area contributed by atoms with E-state index in [-0.39, 0.29) is 5.65 Å². The van der Waals surface area contributed by atoms with Crippen LogP contribution in [-0.2, 0) is 6.54 Å². The SMILES string of the molecule is COc1cccc(Cn2c(=O)c3nc(C(=O)O)nn3c3ccccc32)c1. The zero-order valence-electron chi connectivity index (χ0n) is 13.8. The Morgan fingerprint density at radius 2 is 1.92 bits per heavy atom. The number of para-hydroxylation sites is 2. The van der Waals surface area contributed by atoms with Crippen LogP contribution in [0.1, 0.15) is 16.2 Å². The van der Waals surface area contributed by atoms with Crippen molar-refractivity contribution in [2.24, 2.45) is 0 Å². The molecule has 0 unspecified atom stereocenters. The maximum Gasteiger partial charge on any atom is 0.375 e. The summed E-state index contributed by atoms with van der Waals surface area (Å²) < 4.78 is 8.07. The fraction of sp³-hybridized carbons (Fsp3) is 0.111. The van der Waals surface area contributed by atoms with Gasteiger partial charge in [-0.3, -0.25) is 9.36 Å². The van der Waals surface area contributed by atoms with Crippen LogP contribution in [0.15, 0.2) is 53.3 Å². The van der Waals surface area contributed by atoms with Crippen molar-refractivity contribution in [3.63, 3.8) is 0 Å².